The highest BCUT2D eigenvalue weighted by atomic mass is 35.5. The molecule has 0 aliphatic carbocycles. The van der Waals surface area contributed by atoms with E-state index in [0.717, 1.165) is 35.6 Å². The highest BCUT2D eigenvalue weighted by Gasteiger charge is 2.16. The number of aromatic nitrogens is 2. The lowest BCUT2D eigenvalue weighted by Gasteiger charge is -2.26. The fourth-order valence-electron chi connectivity index (χ4n) is 2.33. The van der Waals surface area contributed by atoms with Crippen LogP contribution in [0.2, 0.25) is 5.15 Å². The summed E-state index contributed by atoms with van der Waals surface area (Å²) in [6, 6.07) is 0.532. The zero-order chi connectivity index (χ0) is 14.9. The van der Waals surface area contributed by atoms with Crippen molar-refractivity contribution in [3.8, 4) is 0 Å². The lowest BCUT2D eigenvalue weighted by atomic mass is 10.2. The molecule has 1 unspecified atom stereocenters. The number of aryl methyl sites for hydroxylation is 2. The molecule has 0 aliphatic rings. The number of halogens is 1. The van der Waals surface area contributed by atoms with Crippen LogP contribution in [0.25, 0.3) is 10.2 Å². The van der Waals surface area contributed by atoms with Gasteiger partial charge in [-0.1, -0.05) is 25.4 Å². The first-order valence-electron chi connectivity index (χ1n) is 7.14. The molecule has 3 nitrogen and oxygen atoms in total. The zero-order valence-electron chi connectivity index (χ0n) is 12.8. The molecule has 0 spiro atoms. The van der Waals surface area contributed by atoms with Crippen molar-refractivity contribution in [2.45, 2.75) is 53.6 Å². The van der Waals surface area contributed by atoms with E-state index in [1.165, 1.54) is 10.4 Å². The van der Waals surface area contributed by atoms with E-state index >= 15 is 0 Å². The molecule has 0 saturated heterocycles. The van der Waals surface area contributed by atoms with Gasteiger partial charge in [-0.15, -0.1) is 11.3 Å². The van der Waals surface area contributed by atoms with Crippen molar-refractivity contribution in [2.24, 2.45) is 0 Å². The normalized spacial score (nSPS) is 13.3. The molecule has 2 heterocycles. The van der Waals surface area contributed by atoms with Crippen molar-refractivity contribution in [3.63, 3.8) is 0 Å². The molecule has 0 aromatic carbocycles. The fraction of sp³-hybridized carbons (Fsp3) is 0.600. The van der Waals surface area contributed by atoms with Gasteiger partial charge in [-0.25, -0.2) is 9.97 Å². The van der Waals surface area contributed by atoms with Gasteiger partial charge in [0.2, 0.25) is 0 Å². The third-order valence-electron chi connectivity index (χ3n) is 4.00. The molecular weight excluding hydrogens is 290 g/mol. The molecule has 2 rings (SSSR count). The molecule has 0 saturated carbocycles. The molecule has 1 atom stereocenters. The van der Waals surface area contributed by atoms with Gasteiger partial charge in [-0.2, -0.15) is 0 Å². The number of rotatable bonds is 5. The van der Waals surface area contributed by atoms with E-state index < -0.39 is 0 Å². The standard InChI is InChI=1S/C15H22ClN3S/c1-6-9(3)19(7-2)8-12-17-14(16)13-10(4)11(5)20-15(13)18-12/h9H,6-8H2,1-5H3. The number of fused-ring (bicyclic) bond motifs is 1. The SMILES string of the molecule is CCC(C)N(CC)Cc1nc(Cl)c2c(C)c(C)sc2n1. The Hall–Kier alpha value is -0.710. The average Bonchev–Trinajstić information content (AvgIpc) is 2.70. The van der Waals surface area contributed by atoms with E-state index in [1.54, 1.807) is 11.3 Å². The van der Waals surface area contributed by atoms with Gasteiger partial charge in [0.25, 0.3) is 0 Å². The van der Waals surface area contributed by atoms with Crippen LogP contribution >= 0.6 is 22.9 Å². The van der Waals surface area contributed by atoms with Crippen molar-refractivity contribution in [1.82, 2.24) is 14.9 Å². The van der Waals surface area contributed by atoms with Gasteiger partial charge in [0, 0.05) is 10.9 Å². The van der Waals surface area contributed by atoms with Crippen LogP contribution in [0.1, 0.15) is 43.5 Å². The molecule has 2 aromatic heterocycles. The third-order valence-corrected chi connectivity index (χ3v) is 5.37. The summed E-state index contributed by atoms with van der Waals surface area (Å²) in [5.74, 6) is 0.825. The van der Waals surface area contributed by atoms with Gasteiger partial charge in [0.15, 0.2) is 0 Å². The van der Waals surface area contributed by atoms with Crippen LogP contribution in [-0.2, 0) is 6.54 Å². The van der Waals surface area contributed by atoms with Gasteiger partial charge in [-0.3, -0.25) is 4.90 Å². The van der Waals surface area contributed by atoms with E-state index in [1.807, 2.05) is 0 Å². The van der Waals surface area contributed by atoms with Crippen molar-refractivity contribution >= 4 is 33.2 Å². The van der Waals surface area contributed by atoms with Gasteiger partial charge < -0.3 is 0 Å². The maximum atomic E-state index is 6.36. The van der Waals surface area contributed by atoms with E-state index in [2.05, 4.69) is 44.5 Å². The smallest absolute Gasteiger partial charge is 0.145 e. The van der Waals surface area contributed by atoms with Crippen molar-refractivity contribution < 1.29 is 0 Å². The highest BCUT2D eigenvalue weighted by molar-refractivity contribution is 7.18. The summed E-state index contributed by atoms with van der Waals surface area (Å²) in [5, 5.41) is 1.61. The Labute approximate surface area is 130 Å². The van der Waals surface area contributed by atoms with E-state index in [-0.39, 0.29) is 0 Å². The first-order chi connectivity index (χ1) is 9.47. The average molecular weight is 312 g/mol. The lowest BCUT2D eigenvalue weighted by molar-refractivity contribution is 0.201. The molecule has 20 heavy (non-hydrogen) atoms. The summed E-state index contributed by atoms with van der Waals surface area (Å²) in [6.07, 6.45) is 1.13. The molecule has 2 aromatic rings. The molecule has 5 heteroatoms. The third kappa shape index (κ3) is 2.97. The Morgan fingerprint density at radius 2 is 1.95 bits per heavy atom. The van der Waals surface area contributed by atoms with Crippen LogP contribution < -0.4 is 0 Å². The monoisotopic (exact) mass is 311 g/mol. The van der Waals surface area contributed by atoms with Crippen molar-refractivity contribution in [1.29, 1.82) is 0 Å². The number of hydrogen-bond acceptors (Lipinski definition) is 4. The van der Waals surface area contributed by atoms with Crippen LogP contribution in [0, 0.1) is 13.8 Å². The molecule has 0 radical (unpaired) electrons. The Balaban J connectivity index is 2.36. The maximum absolute atomic E-state index is 6.36. The second-order valence-electron chi connectivity index (χ2n) is 5.21. The Morgan fingerprint density at radius 1 is 1.25 bits per heavy atom. The molecule has 0 fully saturated rings. The zero-order valence-corrected chi connectivity index (χ0v) is 14.4. The highest BCUT2D eigenvalue weighted by Crippen LogP contribution is 2.33. The summed E-state index contributed by atoms with van der Waals surface area (Å²) < 4.78 is 0. The largest absolute Gasteiger partial charge is 0.294 e. The predicted octanol–water partition coefficient (Wildman–Crippen LogP) is 4.58. The molecular formula is C15H22ClN3S. The summed E-state index contributed by atoms with van der Waals surface area (Å²) in [4.78, 5) is 13.9. The quantitative estimate of drug-likeness (QED) is 0.757. The second kappa shape index (κ2) is 6.37. The van der Waals surface area contributed by atoms with Crippen LogP contribution in [0.15, 0.2) is 0 Å². The molecule has 0 aliphatic heterocycles. The Bertz CT molecular complexity index is 609. The van der Waals surface area contributed by atoms with Crippen molar-refractivity contribution in [2.75, 3.05) is 6.54 Å². The number of thiophene rings is 1. The van der Waals surface area contributed by atoms with Crippen LogP contribution in [0.5, 0.6) is 0 Å². The summed E-state index contributed by atoms with van der Waals surface area (Å²) in [7, 11) is 0. The first kappa shape index (κ1) is 15.7. The van der Waals surface area contributed by atoms with Crippen LogP contribution in [0.4, 0.5) is 0 Å². The van der Waals surface area contributed by atoms with Crippen LogP contribution in [-0.4, -0.2) is 27.5 Å². The first-order valence-corrected chi connectivity index (χ1v) is 8.33. The minimum Gasteiger partial charge on any atom is -0.294 e. The summed E-state index contributed by atoms with van der Waals surface area (Å²) in [6.45, 7) is 12.6. The summed E-state index contributed by atoms with van der Waals surface area (Å²) >= 11 is 8.06. The minimum atomic E-state index is 0.532. The maximum Gasteiger partial charge on any atom is 0.145 e. The van der Waals surface area contributed by atoms with Gasteiger partial charge in [-0.05, 0) is 39.3 Å². The van der Waals surface area contributed by atoms with E-state index in [9.17, 15) is 0 Å². The number of hydrogen-bond donors (Lipinski definition) is 0. The minimum absolute atomic E-state index is 0.532. The number of nitrogens with zero attached hydrogens (tertiary/aromatic N) is 3. The van der Waals surface area contributed by atoms with E-state index in [4.69, 9.17) is 16.6 Å². The van der Waals surface area contributed by atoms with Gasteiger partial charge in [0.1, 0.15) is 15.8 Å². The fourth-order valence-corrected chi connectivity index (χ4v) is 3.76. The topological polar surface area (TPSA) is 29.0 Å². The Morgan fingerprint density at radius 3 is 2.55 bits per heavy atom. The summed E-state index contributed by atoms with van der Waals surface area (Å²) in [5.41, 5.74) is 1.20. The molecule has 0 bridgehead atoms. The van der Waals surface area contributed by atoms with Crippen molar-refractivity contribution in [3.05, 3.63) is 21.4 Å². The Kier molecular flexibility index (Phi) is 4.99. The van der Waals surface area contributed by atoms with Crippen LogP contribution in [0.3, 0.4) is 0 Å². The predicted molar refractivity (Wildman–Crippen MR) is 87.7 cm³/mol. The molecule has 110 valence electrons. The van der Waals surface area contributed by atoms with Gasteiger partial charge >= 0.3 is 0 Å². The second-order valence-corrected chi connectivity index (χ2v) is 6.78. The molecule has 0 amide bonds. The van der Waals surface area contributed by atoms with Gasteiger partial charge in [0.05, 0.1) is 11.9 Å². The van der Waals surface area contributed by atoms with E-state index in [0.29, 0.717) is 11.2 Å². The molecule has 0 N–H and O–H groups in total. The lowest BCUT2D eigenvalue weighted by Crippen LogP contribution is -2.32.